The van der Waals surface area contributed by atoms with Crippen molar-refractivity contribution in [2.24, 2.45) is 0 Å². The first-order valence-electron chi connectivity index (χ1n) is 7.82. The smallest absolute Gasteiger partial charge is 0.272 e. The van der Waals surface area contributed by atoms with Crippen LogP contribution in [0.2, 0.25) is 0 Å². The van der Waals surface area contributed by atoms with Crippen molar-refractivity contribution < 1.29 is 13.6 Å². The lowest BCUT2D eigenvalue weighted by atomic mass is 10.3. The molecular formula is C17H15F2N3O2S2. The first-order chi connectivity index (χ1) is 12.4. The Morgan fingerprint density at radius 1 is 1.35 bits per heavy atom. The van der Waals surface area contributed by atoms with Gasteiger partial charge in [0.1, 0.15) is 22.0 Å². The average Bonchev–Trinajstić information content (AvgIpc) is 3.07. The maximum absolute atomic E-state index is 13.7. The molecule has 1 unspecified atom stereocenters. The van der Waals surface area contributed by atoms with E-state index in [4.69, 9.17) is 0 Å². The highest BCUT2D eigenvalue weighted by atomic mass is 32.2. The number of nitrogens with one attached hydrogen (secondary N) is 1. The molecule has 0 spiro atoms. The van der Waals surface area contributed by atoms with Gasteiger partial charge in [0.15, 0.2) is 5.16 Å². The van der Waals surface area contributed by atoms with Gasteiger partial charge in [-0.2, -0.15) is 0 Å². The van der Waals surface area contributed by atoms with Gasteiger partial charge in [-0.05, 0) is 37.4 Å². The zero-order valence-electron chi connectivity index (χ0n) is 14.0. The third-order valence-corrected chi connectivity index (χ3v) is 5.69. The van der Waals surface area contributed by atoms with Gasteiger partial charge in [-0.1, -0.05) is 17.8 Å². The van der Waals surface area contributed by atoms with E-state index >= 15 is 0 Å². The van der Waals surface area contributed by atoms with Crippen LogP contribution in [0.3, 0.4) is 0 Å². The van der Waals surface area contributed by atoms with Gasteiger partial charge in [-0.15, -0.1) is 11.3 Å². The largest absolute Gasteiger partial charge is 0.320 e. The highest BCUT2D eigenvalue weighted by Gasteiger charge is 2.21. The molecule has 0 saturated heterocycles. The molecule has 3 rings (SSSR count). The summed E-state index contributed by atoms with van der Waals surface area (Å²) in [7, 11) is 0. The van der Waals surface area contributed by atoms with Crippen LogP contribution >= 0.6 is 23.1 Å². The summed E-state index contributed by atoms with van der Waals surface area (Å²) in [6.07, 6.45) is 0. The van der Waals surface area contributed by atoms with Crippen LogP contribution in [0.25, 0.3) is 10.2 Å². The number of carbonyl (C=O) groups excluding carboxylic acids is 1. The number of hydrogen-bond acceptors (Lipinski definition) is 5. The molecule has 1 amide bonds. The molecule has 5 nitrogen and oxygen atoms in total. The Morgan fingerprint density at radius 2 is 2.04 bits per heavy atom. The second kappa shape index (κ2) is 7.55. The van der Waals surface area contributed by atoms with E-state index in [0.717, 1.165) is 23.9 Å². The van der Waals surface area contributed by atoms with E-state index in [1.807, 2.05) is 6.92 Å². The van der Waals surface area contributed by atoms with Crippen molar-refractivity contribution in [3.63, 3.8) is 0 Å². The summed E-state index contributed by atoms with van der Waals surface area (Å²) in [5.41, 5.74) is -0.0817. The fraction of sp³-hybridized carbons (Fsp3) is 0.235. The molecule has 136 valence electrons. The Balaban J connectivity index is 1.85. The Labute approximate surface area is 156 Å². The second-order valence-electron chi connectivity index (χ2n) is 5.42. The summed E-state index contributed by atoms with van der Waals surface area (Å²) in [6.45, 7) is 3.80. The zero-order chi connectivity index (χ0) is 18.8. The quantitative estimate of drug-likeness (QED) is 0.526. The lowest BCUT2D eigenvalue weighted by molar-refractivity contribution is -0.115. The van der Waals surface area contributed by atoms with Gasteiger partial charge in [0.05, 0.1) is 10.8 Å². The molecule has 2 heterocycles. The topological polar surface area (TPSA) is 64.0 Å². The van der Waals surface area contributed by atoms with Crippen LogP contribution in [-0.4, -0.2) is 20.7 Å². The zero-order valence-corrected chi connectivity index (χ0v) is 15.6. The molecule has 1 aromatic carbocycles. The number of benzene rings is 1. The van der Waals surface area contributed by atoms with Gasteiger partial charge >= 0.3 is 0 Å². The number of anilines is 1. The molecule has 26 heavy (non-hydrogen) atoms. The fourth-order valence-corrected chi connectivity index (χ4v) is 4.10. The number of thiophene rings is 1. The fourth-order valence-electron chi connectivity index (χ4n) is 2.35. The van der Waals surface area contributed by atoms with E-state index < -0.39 is 28.5 Å². The van der Waals surface area contributed by atoms with Crippen molar-refractivity contribution in [3.05, 3.63) is 51.6 Å². The molecule has 0 aliphatic heterocycles. The highest BCUT2D eigenvalue weighted by molar-refractivity contribution is 8.00. The maximum Gasteiger partial charge on any atom is 0.272 e. The first kappa shape index (κ1) is 18.5. The van der Waals surface area contributed by atoms with E-state index in [1.54, 1.807) is 18.4 Å². The minimum atomic E-state index is -0.848. The maximum atomic E-state index is 13.7. The summed E-state index contributed by atoms with van der Waals surface area (Å²) in [5, 5.41) is 3.72. The number of nitrogens with zero attached hydrogens (tertiary/aromatic N) is 2. The van der Waals surface area contributed by atoms with Gasteiger partial charge in [0.25, 0.3) is 5.56 Å². The number of amides is 1. The van der Waals surface area contributed by atoms with E-state index in [0.29, 0.717) is 21.9 Å². The minimum Gasteiger partial charge on any atom is -0.320 e. The highest BCUT2D eigenvalue weighted by Crippen LogP contribution is 2.26. The van der Waals surface area contributed by atoms with Crippen molar-refractivity contribution >= 4 is 44.9 Å². The van der Waals surface area contributed by atoms with Crippen LogP contribution in [0.15, 0.2) is 39.6 Å². The Bertz CT molecular complexity index is 1010. The first-order valence-corrected chi connectivity index (χ1v) is 9.57. The van der Waals surface area contributed by atoms with Crippen LogP contribution in [0.5, 0.6) is 0 Å². The molecule has 0 aliphatic carbocycles. The number of aromatic nitrogens is 2. The minimum absolute atomic E-state index is 0.164. The molecule has 1 N–H and O–H groups in total. The molecule has 0 radical (unpaired) electrons. The Morgan fingerprint density at radius 3 is 2.69 bits per heavy atom. The van der Waals surface area contributed by atoms with Crippen LogP contribution in [0.4, 0.5) is 14.5 Å². The van der Waals surface area contributed by atoms with Gasteiger partial charge < -0.3 is 5.32 Å². The third-order valence-electron chi connectivity index (χ3n) is 3.71. The monoisotopic (exact) mass is 395 g/mol. The second-order valence-corrected chi connectivity index (χ2v) is 7.65. The van der Waals surface area contributed by atoms with Gasteiger partial charge in [-0.25, -0.2) is 13.8 Å². The van der Waals surface area contributed by atoms with Crippen LogP contribution in [0.1, 0.15) is 13.8 Å². The number of hydrogen-bond donors (Lipinski definition) is 1. The average molecular weight is 395 g/mol. The number of thioether (sulfide) groups is 1. The molecule has 9 heteroatoms. The van der Waals surface area contributed by atoms with Crippen molar-refractivity contribution in [2.75, 3.05) is 5.32 Å². The number of rotatable bonds is 5. The molecule has 3 aromatic rings. The predicted molar refractivity (Wildman–Crippen MR) is 99.9 cm³/mol. The molecule has 1 atom stereocenters. The summed E-state index contributed by atoms with van der Waals surface area (Å²) in [5.74, 6) is -2.28. The number of fused-ring (bicyclic) bond motifs is 1. The molecular weight excluding hydrogens is 380 g/mol. The molecule has 0 bridgehead atoms. The normalized spacial score (nSPS) is 12.3. The molecule has 2 aromatic heterocycles. The van der Waals surface area contributed by atoms with Crippen molar-refractivity contribution in [1.82, 2.24) is 9.55 Å². The summed E-state index contributed by atoms with van der Waals surface area (Å²) in [4.78, 5) is 29.3. The molecule has 0 saturated carbocycles. The third kappa shape index (κ3) is 3.49. The van der Waals surface area contributed by atoms with Crippen molar-refractivity contribution in [2.45, 2.75) is 30.8 Å². The number of carbonyl (C=O) groups is 1. The standard InChI is InChI=1S/C17H15F2N3O2S2/c1-3-22-16(24)14-12(7-8-25-14)20-17(22)26-9(2)15(23)21-13-10(18)5-4-6-11(13)19/h4-9H,3H2,1-2H3,(H,21,23). The lowest BCUT2D eigenvalue weighted by Crippen LogP contribution is -2.26. The Hall–Kier alpha value is -2.26. The number of halogens is 2. The van der Waals surface area contributed by atoms with Crippen LogP contribution < -0.4 is 10.9 Å². The lowest BCUT2D eigenvalue weighted by Gasteiger charge is -2.15. The van der Waals surface area contributed by atoms with E-state index in [2.05, 4.69) is 10.3 Å². The Kier molecular flexibility index (Phi) is 5.38. The summed E-state index contributed by atoms with van der Waals surface area (Å²) in [6, 6.07) is 5.10. The van der Waals surface area contributed by atoms with Crippen molar-refractivity contribution in [1.29, 1.82) is 0 Å². The number of para-hydroxylation sites is 1. The van der Waals surface area contributed by atoms with Gasteiger partial charge in [0.2, 0.25) is 5.91 Å². The SMILES string of the molecule is CCn1c(SC(C)C(=O)Nc2c(F)cccc2F)nc2ccsc2c1=O. The van der Waals surface area contributed by atoms with E-state index in [-0.39, 0.29) is 5.56 Å². The van der Waals surface area contributed by atoms with Gasteiger partial charge in [-0.3, -0.25) is 14.2 Å². The van der Waals surface area contributed by atoms with E-state index in [1.165, 1.54) is 22.0 Å². The summed E-state index contributed by atoms with van der Waals surface area (Å²) >= 11 is 2.38. The summed E-state index contributed by atoms with van der Waals surface area (Å²) < 4.78 is 29.4. The van der Waals surface area contributed by atoms with Crippen molar-refractivity contribution in [3.8, 4) is 0 Å². The molecule has 0 fully saturated rings. The van der Waals surface area contributed by atoms with E-state index in [9.17, 15) is 18.4 Å². The van der Waals surface area contributed by atoms with Gasteiger partial charge in [0, 0.05) is 6.54 Å². The van der Waals surface area contributed by atoms with Crippen LogP contribution in [0, 0.1) is 11.6 Å². The van der Waals surface area contributed by atoms with Crippen LogP contribution in [-0.2, 0) is 11.3 Å². The predicted octanol–water partition coefficient (Wildman–Crippen LogP) is 3.88. The molecule has 0 aliphatic rings.